The highest BCUT2D eigenvalue weighted by molar-refractivity contribution is 6.82. The van der Waals surface area contributed by atoms with E-state index in [1.165, 1.54) is 51.4 Å². The highest BCUT2D eigenvalue weighted by Crippen LogP contribution is 2.43. The summed E-state index contributed by atoms with van der Waals surface area (Å²) in [6.45, 7) is 19.8. The van der Waals surface area contributed by atoms with Crippen molar-refractivity contribution in [3.05, 3.63) is 91.3 Å². The molecule has 0 aromatic heterocycles. The fraction of sp³-hybridized carbons (Fsp3) is 0.529. The Morgan fingerprint density at radius 3 is 1.28 bits per heavy atom. The van der Waals surface area contributed by atoms with Crippen LogP contribution in [0.5, 0.6) is 0 Å². The van der Waals surface area contributed by atoms with Gasteiger partial charge in [-0.25, -0.2) is 0 Å². The molecule has 2 aliphatic rings. The van der Waals surface area contributed by atoms with Crippen LogP contribution in [0.1, 0.15) is 84.0 Å². The molecule has 0 saturated carbocycles. The molecule has 2 aromatic carbocycles. The quantitative estimate of drug-likeness (QED) is 0.262. The van der Waals surface area contributed by atoms with Gasteiger partial charge in [-0.1, -0.05) is 102 Å². The summed E-state index contributed by atoms with van der Waals surface area (Å²) < 4.78 is 0. The second-order valence-corrected chi connectivity index (χ2v) is 23.7. The number of unbranched alkanes of at least 4 members (excludes halogenated alkanes) is 2. The van der Waals surface area contributed by atoms with Gasteiger partial charge >= 0.3 is 0 Å². The zero-order valence-corrected chi connectivity index (χ0v) is 26.5. The Kier molecular flexibility index (Phi) is 8.36. The van der Waals surface area contributed by atoms with E-state index in [-0.39, 0.29) is 0 Å². The van der Waals surface area contributed by atoms with Crippen molar-refractivity contribution in [2.75, 3.05) is 0 Å². The second kappa shape index (κ2) is 11.0. The van der Waals surface area contributed by atoms with Crippen LogP contribution in [0.2, 0.25) is 39.3 Å². The number of fused-ring (bicyclic) bond motifs is 3. The van der Waals surface area contributed by atoms with E-state index >= 15 is 0 Å². The Bertz CT molecular complexity index is 1070. The van der Waals surface area contributed by atoms with Crippen LogP contribution >= 0.6 is 0 Å². The summed E-state index contributed by atoms with van der Waals surface area (Å²) in [4.78, 5) is 0. The van der Waals surface area contributed by atoms with Gasteiger partial charge in [-0.05, 0) is 107 Å². The lowest BCUT2D eigenvalue weighted by molar-refractivity contribution is 0.743. The first-order chi connectivity index (χ1) is 17.0. The van der Waals surface area contributed by atoms with Crippen LogP contribution in [0.3, 0.4) is 0 Å². The Balaban J connectivity index is 1.98. The van der Waals surface area contributed by atoms with Gasteiger partial charge < -0.3 is 0 Å². The van der Waals surface area contributed by atoms with Gasteiger partial charge in [0.15, 0.2) is 0 Å². The van der Waals surface area contributed by atoms with Crippen molar-refractivity contribution < 1.29 is 0 Å². The topological polar surface area (TPSA) is 0 Å². The van der Waals surface area contributed by atoms with Crippen LogP contribution in [0, 0.1) is 0 Å². The molecule has 0 radical (unpaired) electrons. The van der Waals surface area contributed by atoms with E-state index in [9.17, 15) is 0 Å². The van der Waals surface area contributed by atoms with E-state index in [1.807, 2.05) is 0 Å². The van der Waals surface area contributed by atoms with Gasteiger partial charge in [0.1, 0.15) is 0 Å². The Hall–Kier alpha value is -1.65. The van der Waals surface area contributed by atoms with Crippen LogP contribution in [-0.2, 0) is 38.5 Å². The lowest BCUT2D eigenvalue weighted by atomic mass is 9.71. The first-order valence-electron chi connectivity index (χ1n) is 14.7. The van der Waals surface area contributed by atoms with Crippen LogP contribution in [-0.4, -0.2) is 16.1 Å². The molecule has 0 aliphatic heterocycles. The third-order valence-electron chi connectivity index (χ3n) is 7.96. The minimum absolute atomic E-state index is 1.14. The first-order valence-corrected chi connectivity index (χ1v) is 21.8. The molecular weight excluding hydrogens is 465 g/mol. The predicted octanol–water partition coefficient (Wildman–Crippen LogP) is 9.57. The van der Waals surface area contributed by atoms with Crippen LogP contribution in [0.25, 0.3) is 0 Å². The van der Waals surface area contributed by atoms with Crippen molar-refractivity contribution in [2.45, 2.75) is 117 Å². The summed E-state index contributed by atoms with van der Waals surface area (Å²) in [5, 5.41) is 0. The number of allylic oxidation sites excluding steroid dienone is 2. The lowest BCUT2D eigenvalue weighted by Crippen LogP contribution is -2.26. The third-order valence-corrected chi connectivity index (χ3v) is 10.4. The summed E-state index contributed by atoms with van der Waals surface area (Å²) >= 11 is 0. The van der Waals surface area contributed by atoms with Crippen molar-refractivity contribution in [2.24, 2.45) is 0 Å². The van der Waals surface area contributed by atoms with Crippen molar-refractivity contribution in [1.29, 1.82) is 0 Å². The zero-order chi connectivity index (χ0) is 26.1. The summed E-state index contributed by atoms with van der Waals surface area (Å²) in [6, 6.07) is 9.26. The summed E-state index contributed by atoms with van der Waals surface area (Å²) in [5.74, 6) is 0. The van der Waals surface area contributed by atoms with Gasteiger partial charge in [-0.3, -0.25) is 0 Å². The van der Waals surface area contributed by atoms with Gasteiger partial charge in [0.05, 0.1) is 16.1 Å². The molecular formula is C34H50Si2. The molecule has 0 bridgehead atoms. The molecule has 0 saturated heterocycles. The van der Waals surface area contributed by atoms with Crippen LogP contribution in [0.4, 0.5) is 0 Å². The van der Waals surface area contributed by atoms with Crippen molar-refractivity contribution in [1.82, 2.24) is 0 Å². The van der Waals surface area contributed by atoms with E-state index in [4.69, 9.17) is 0 Å². The zero-order valence-electron chi connectivity index (χ0n) is 24.5. The normalized spacial score (nSPS) is 17.8. The van der Waals surface area contributed by atoms with Crippen LogP contribution in [0.15, 0.2) is 46.8 Å². The molecule has 0 N–H and O–H groups in total. The van der Waals surface area contributed by atoms with E-state index in [1.54, 1.807) is 55.7 Å². The maximum Gasteiger partial charge on any atom is 0.0690 e. The minimum Gasteiger partial charge on any atom is -0.0913 e. The molecule has 0 heterocycles. The monoisotopic (exact) mass is 514 g/mol. The van der Waals surface area contributed by atoms with E-state index in [0.717, 1.165) is 12.8 Å². The fourth-order valence-corrected chi connectivity index (χ4v) is 9.15. The molecule has 2 aromatic rings. The van der Waals surface area contributed by atoms with Crippen molar-refractivity contribution in [3.63, 3.8) is 0 Å². The lowest BCUT2D eigenvalue weighted by Gasteiger charge is -2.35. The van der Waals surface area contributed by atoms with Gasteiger partial charge in [-0.2, -0.15) is 0 Å². The predicted molar refractivity (Wildman–Crippen MR) is 166 cm³/mol. The molecule has 0 fully saturated rings. The third kappa shape index (κ3) is 6.25. The Morgan fingerprint density at radius 2 is 0.944 bits per heavy atom. The summed E-state index contributed by atoms with van der Waals surface area (Å²) in [7, 11) is -2.65. The molecule has 194 valence electrons. The minimum atomic E-state index is -1.32. The van der Waals surface area contributed by atoms with Crippen molar-refractivity contribution in [3.8, 4) is 0 Å². The highest BCUT2D eigenvalue weighted by atomic mass is 28.3. The van der Waals surface area contributed by atoms with Gasteiger partial charge in [0.2, 0.25) is 0 Å². The van der Waals surface area contributed by atoms with Gasteiger partial charge in [-0.15, -0.1) is 0 Å². The average molecular weight is 515 g/mol. The Labute approximate surface area is 224 Å². The highest BCUT2D eigenvalue weighted by Gasteiger charge is 2.31. The number of benzene rings is 2. The number of hydrogen-bond acceptors (Lipinski definition) is 0. The molecule has 0 unspecified atom stereocenters. The standard InChI is InChI=1S/C34H50Si2/c1-9-11-17-29-31-19-25-15-13-14-16-26(25)20-32(31)30(18-12-10-2)34-22-28(24-36(6,7)8)27(21-33(29)34)23-35(3,4)5/h13-16,23-24H,9-12,17-22H2,1-8H3/b27-23+,28-24+. The van der Waals surface area contributed by atoms with Crippen molar-refractivity contribution >= 4 is 16.1 Å². The first kappa shape index (κ1) is 27.4. The molecule has 4 rings (SSSR count). The molecule has 0 spiro atoms. The summed E-state index contributed by atoms with van der Waals surface area (Å²) in [5.41, 5.74) is 22.4. The molecule has 0 amide bonds. The molecule has 0 nitrogen and oxygen atoms in total. The fourth-order valence-electron chi connectivity index (χ4n) is 6.48. The molecule has 2 aliphatic carbocycles. The largest absolute Gasteiger partial charge is 0.0913 e. The van der Waals surface area contributed by atoms with Crippen LogP contribution < -0.4 is 0 Å². The van der Waals surface area contributed by atoms with E-state index in [2.05, 4.69) is 88.8 Å². The maximum absolute atomic E-state index is 2.74. The van der Waals surface area contributed by atoms with Gasteiger partial charge in [0, 0.05) is 0 Å². The molecule has 0 atom stereocenters. The summed E-state index contributed by atoms with van der Waals surface area (Å²) in [6.07, 6.45) is 12.3. The Morgan fingerprint density at radius 1 is 0.583 bits per heavy atom. The maximum atomic E-state index is 2.74. The smallest absolute Gasteiger partial charge is 0.0690 e. The average Bonchev–Trinajstić information content (AvgIpc) is 2.79. The van der Waals surface area contributed by atoms with Gasteiger partial charge in [0.25, 0.3) is 0 Å². The molecule has 36 heavy (non-hydrogen) atoms. The number of hydrogen-bond donors (Lipinski definition) is 0. The van der Waals surface area contributed by atoms with E-state index < -0.39 is 16.1 Å². The number of rotatable bonds is 8. The second-order valence-electron chi connectivity index (χ2n) is 13.6. The van der Waals surface area contributed by atoms with E-state index in [0.29, 0.717) is 0 Å². The SMILES string of the molecule is CCCCc1c2c(c(CCCC)c3c1Cc1ccccc1C3)CC(=C\[Si](C)(C)C)/C(=C/[Si](C)(C)C)C2. The molecule has 2 heteroatoms.